The van der Waals surface area contributed by atoms with E-state index in [2.05, 4.69) is 10.00 Å². The van der Waals surface area contributed by atoms with E-state index in [-0.39, 0.29) is 11.1 Å². The molecule has 0 bridgehead atoms. The zero-order valence-corrected chi connectivity index (χ0v) is 14.8. The Hall–Kier alpha value is -3.17. The van der Waals surface area contributed by atoms with Gasteiger partial charge >= 0.3 is 0 Å². The smallest absolute Gasteiger partial charge is 0.270 e. The number of fused-ring (bicyclic) bond motifs is 1. The topological polar surface area (TPSA) is 64.8 Å². The summed E-state index contributed by atoms with van der Waals surface area (Å²) in [6, 6.07) is 16.4. The third kappa shape index (κ3) is 3.55. The van der Waals surface area contributed by atoms with Gasteiger partial charge in [0, 0.05) is 25.2 Å². The molecule has 1 N–H and O–H groups in total. The van der Waals surface area contributed by atoms with Crippen molar-refractivity contribution in [3.05, 3.63) is 92.6 Å². The van der Waals surface area contributed by atoms with Crippen molar-refractivity contribution in [2.75, 3.05) is 6.54 Å². The minimum atomic E-state index is -0.496. The van der Waals surface area contributed by atoms with E-state index < -0.39 is 5.82 Å². The van der Waals surface area contributed by atoms with Crippen LogP contribution in [0.1, 0.15) is 27.9 Å². The molecule has 0 amide bonds. The minimum absolute atomic E-state index is 0.0436. The van der Waals surface area contributed by atoms with Crippen LogP contribution in [0.3, 0.4) is 0 Å². The number of aromatic amines is 1. The second kappa shape index (κ2) is 7.22. The predicted molar refractivity (Wildman–Crippen MR) is 99.5 cm³/mol. The van der Waals surface area contributed by atoms with Gasteiger partial charge in [0.2, 0.25) is 0 Å². The monoisotopic (exact) mass is 362 g/mol. The van der Waals surface area contributed by atoms with Crippen LogP contribution in [0.2, 0.25) is 0 Å². The predicted octanol–water partition coefficient (Wildman–Crippen LogP) is 2.79. The summed E-state index contributed by atoms with van der Waals surface area (Å²) in [6.45, 7) is 2.52. The van der Waals surface area contributed by atoms with Crippen LogP contribution in [0.5, 0.6) is 0 Å². The first-order valence-corrected chi connectivity index (χ1v) is 8.89. The summed E-state index contributed by atoms with van der Waals surface area (Å²) in [4.78, 5) is 14.8. The lowest BCUT2D eigenvalue weighted by molar-refractivity contribution is 0.242. The standard InChI is InChI=1S/C21H19FN4O/c22-19-7-6-16(10-17(19)11-23)12-25-9-8-18-20(14-25)24-26(21(18)27)13-15-4-2-1-3-5-15/h1-7,10,24H,8-9,12-14H2. The second-order valence-corrected chi connectivity index (χ2v) is 6.83. The van der Waals surface area contributed by atoms with Crippen molar-refractivity contribution in [2.45, 2.75) is 26.1 Å². The minimum Gasteiger partial charge on any atom is -0.298 e. The fraction of sp³-hybridized carbons (Fsp3) is 0.238. The highest BCUT2D eigenvalue weighted by atomic mass is 19.1. The van der Waals surface area contributed by atoms with Gasteiger partial charge in [0.25, 0.3) is 5.56 Å². The lowest BCUT2D eigenvalue weighted by Crippen LogP contribution is -2.31. The van der Waals surface area contributed by atoms with Crippen molar-refractivity contribution in [3.8, 4) is 6.07 Å². The van der Waals surface area contributed by atoms with Crippen LogP contribution in [-0.2, 0) is 26.1 Å². The molecule has 6 heteroatoms. The largest absolute Gasteiger partial charge is 0.298 e. The highest BCUT2D eigenvalue weighted by Crippen LogP contribution is 2.18. The van der Waals surface area contributed by atoms with E-state index in [0.717, 1.165) is 28.9 Å². The zero-order valence-electron chi connectivity index (χ0n) is 14.8. The van der Waals surface area contributed by atoms with Gasteiger partial charge in [-0.3, -0.25) is 14.8 Å². The molecule has 4 rings (SSSR count). The number of hydrogen-bond donors (Lipinski definition) is 1. The molecule has 0 saturated heterocycles. The Morgan fingerprint density at radius 3 is 2.70 bits per heavy atom. The molecule has 0 aliphatic carbocycles. The number of nitrogens with zero attached hydrogens (tertiary/aromatic N) is 3. The summed E-state index contributed by atoms with van der Waals surface area (Å²) in [5.41, 5.74) is 3.85. The van der Waals surface area contributed by atoms with Crippen LogP contribution in [0, 0.1) is 17.1 Å². The quantitative estimate of drug-likeness (QED) is 0.776. The van der Waals surface area contributed by atoms with Crippen LogP contribution in [0.4, 0.5) is 4.39 Å². The Morgan fingerprint density at radius 1 is 1.11 bits per heavy atom. The maximum absolute atomic E-state index is 13.5. The molecule has 0 radical (unpaired) electrons. The van der Waals surface area contributed by atoms with Gasteiger partial charge in [-0.1, -0.05) is 36.4 Å². The van der Waals surface area contributed by atoms with E-state index in [1.54, 1.807) is 16.8 Å². The molecular formula is C21H19FN4O. The summed E-state index contributed by atoms with van der Waals surface area (Å²) in [5, 5.41) is 12.2. The number of benzene rings is 2. The molecule has 3 aromatic rings. The highest BCUT2D eigenvalue weighted by Gasteiger charge is 2.22. The van der Waals surface area contributed by atoms with Gasteiger partial charge in [0.05, 0.1) is 17.8 Å². The van der Waals surface area contributed by atoms with E-state index >= 15 is 0 Å². The maximum atomic E-state index is 13.5. The molecule has 27 heavy (non-hydrogen) atoms. The van der Waals surface area contributed by atoms with Crippen LogP contribution in [-0.4, -0.2) is 21.2 Å². The van der Waals surface area contributed by atoms with Crippen molar-refractivity contribution in [3.63, 3.8) is 0 Å². The molecule has 1 aliphatic heterocycles. The third-order valence-corrected chi connectivity index (χ3v) is 4.94. The van der Waals surface area contributed by atoms with E-state index in [0.29, 0.717) is 26.1 Å². The Bertz CT molecular complexity index is 1060. The molecule has 1 aromatic heterocycles. The zero-order chi connectivity index (χ0) is 18.8. The second-order valence-electron chi connectivity index (χ2n) is 6.83. The van der Waals surface area contributed by atoms with Gasteiger partial charge < -0.3 is 0 Å². The van der Waals surface area contributed by atoms with Crippen LogP contribution >= 0.6 is 0 Å². The summed E-state index contributed by atoms with van der Waals surface area (Å²) in [5.74, 6) is -0.496. The van der Waals surface area contributed by atoms with Crippen LogP contribution in [0.25, 0.3) is 0 Å². The number of rotatable bonds is 4. The first kappa shape index (κ1) is 17.3. The first-order chi connectivity index (χ1) is 13.1. The average molecular weight is 362 g/mol. The molecular weight excluding hydrogens is 343 g/mol. The Labute approximate surface area is 156 Å². The Kier molecular flexibility index (Phi) is 4.61. The molecule has 0 fully saturated rings. The normalized spacial score (nSPS) is 13.9. The molecule has 0 saturated carbocycles. The fourth-order valence-corrected chi connectivity index (χ4v) is 3.56. The summed E-state index contributed by atoms with van der Waals surface area (Å²) < 4.78 is 15.2. The molecule has 0 unspecified atom stereocenters. The fourth-order valence-electron chi connectivity index (χ4n) is 3.56. The molecule has 5 nitrogen and oxygen atoms in total. The van der Waals surface area contributed by atoms with E-state index in [4.69, 9.17) is 5.26 Å². The Morgan fingerprint density at radius 2 is 1.93 bits per heavy atom. The van der Waals surface area contributed by atoms with Crippen molar-refractivity contribution in [1.29, 1.82) is 5.26 Å². The SMILES string of the molecule is N#Cc1cc(CN2CCc3c([nH]n(Cc4ccccc4)c3=O)C2)ccc1F. The number of H-pyrrole nitrogens is 1. The molecule has 0 atom stereocenters. The lowest BCUT2D eigenvalue weighted by Gasteiger charge is -2.26. The van der Waals surface area contributed by atoms with E-state index in [1.807, 2.05) is 36.4 Å². The third-order valence-electron chi connectivity index (χ3n) is 4.94. The van der Waals surface area contributed by atoms with Crippen molar-refractivity contribution in [1.82, 2.24) is 14.7 Å². The van der Waals surface area contributed by atoms with E-state index in [9.17, 15) is 9.18 Å². The number of nitrogens with one attached hydrogen (secondary N) is 1. The van der Waals surface area contributed by atoms with Gasteiger partial charge in [-0.25, -0.2) is 9.07 Å². The molecule has 2 aromatic carbocycles. The van der Waals surface area contributed by atoms with Gasteiger partial charge in [-0.15, -0.1) is 0 Å². The number of aromatic nitrogens is 2. The summed E-state index contributed by atoms with van der Waals surface area (Å²) in [6.07, 6.45) is 0.679. The summed E-state index contributed by atoms with van der Waals surface area (Å²) in [7, 11) is 0. The lowest BCUT2D eigenvalue weighted by atomic mass is 10.1. The summed E-state index contributed by atoms with van der Waals surface area (Å²) >= 11 is 0. The van der Waals surface area contributed by atoms with Crippen LogP contribution in [0.15, 0.2) is 53.3 Å². The van der Waals surface area contributed by atoms with Gasteiger partial charge in [0.15, 0.2) is 0 Å². The van der Waals surface area contributed by atoms with Gasteiger partial charge in [-0.05, 0) is 29.7 Å². The maximum Gasteiger partial charge on any atom is 0.270 e. The molecule has 1 aliphatic rings. The first-order valence-electron chi connectivity index (χ1n) is 8.89. The van der Waals surface area contributed by atoms with Crippen molar-refractivity contribution >= 4 is 0 Å². The van der Waals surface area contributed by atoms with Crippen LogP contribution < -0.4 is 5.56 Å². The molecule has 2 heterocycles. The molecule has 0 spiro atoms. The number of nitriles is 1. The van der Waals surface area contributed by atoms with Gasteiger partial charge in [-0.2, -0.15) is 5.26 Å². The average Bonchev–Trinajstić information content (AvgIpc) is 2.99. The van der Waals surface area contributed by atoms with Crippen molar-refractivity contribution in [2.24, 2.45) is 0 Å². The number of hydrogen-bond acceptors (Lipinski definition) is 3. The number of halogens is 1. The van der Waals surface area contributed by atoms with E-state index in [1.165, 1.54) is 6.07 Å². The Balaban J connectivity index is 1.51. The van der Waals surface area contributed by atoms with Crippen molar-refractivity contribution < 1.29 is 4.39 Å². The molecule has 136 valence electrons. The van der Waals surface area contributed by atoms with Gasteiger partial charge in [0.1, 0.15) is 11.9 Å². The highest BCUT2D eigenvalue weighted by molar-refractivity contribution is 5.34.